The molecule has 2 rings (SSSR count). The monoisotopic (exact) mass is 273 g/mol. The SMILES string of the molecule is OCCC#Cc1cccc(CN2CCC(CCO)C2)c1. The lowest BCUT2D eigenvalue weighted by atomic mass is 10.1. The molecule has 1 aromatic carbocycles. The summed E-state index contributed by atoms with van der Waals surface area (Å²) in [6, 6.07) is 8.31. The van der Waals surface area contributed by atoms with Gasteiger partial charge in [0.2, 0.25) is 0 Å². The highest BCUT2D eigenvalue weighted by Crippen LogP contribution is 2.21. The van der Waals surface area contributed by atoms with E-state index >= 15 is 0 Å². The largest absolute Gasteiger partial charge is 0.396 e. The Morgan fingerprint density at radius 3 is 2.95 bits per heavy atom. The molecule has 0 bridgehead atoms. The molecule has 0 radical (unpaired) electrons. The number of rotatable bonds is 5. The van der Waals surface area contributed by atoms with E-state index < -0.39 is 0 Å². The van der Waals surface area contributed by atoms with Crippen LogP contribution in [0.3, 0.4) is 0 Å². The summed E-state index contributed by atoms with van der Waals surface area (Å²) in [5.74, 6) is 6.68. The van der Waals surface area contributed by atoms with E-state index in [0.717, 1.165) is 31.6 Å². The fourth-order valence-corrected chi connectivity index (χ4v) is 2.70. The Bertz CT molecular complexity index is 475. The molecule has 0 saturated carbocycles. The first kappa shape index (κ1) is 15.1. The van der Waals surface area contributed by atoms with Crippen molar-refractivity contribution in [2.45, 2.75) is 25.8 Å². The lowest BCUT2D eigenvalue weighted by Crippen LogP contribution is -2.20. The van der Waals surface area contributed by atoms with E-state index in [2.05, 4.69) is 28.9 Å². The average molecular weight is 273 g/mol. The van der Waals surface area contributed by atoms with E-state index in [4.69, 9.17) is 10.2 Å². The molecule has 1 aliphatic rings. The molecule has 20 heavy (non-hydrogen) atoms. The lowest BCUT2D eigenvalue weighted by Gasteiger charge is -2.16. The van der Waals surface area contributed by atoms with Crippen LogP contribution in [0.15, 0.2) is 24.3 Å². The van der Waals surface area contributed by atoms with Gasteiger partial charge in [-0.1, -0.05) is 24.0 Å². The van der Waals surface area contributed by atoms with Crippen LogP contribution in [0.25, 0.3) is 0 Å². The standard InChI is InChI=1S/C17H23NO2/c19-10-2-1-4-15-5-3-6-17(12-15)14-18-9-7-16(13-18)8-11-20/h3,5-6,12,16,19-20H,2,7-11,13-14H2. The van der Waals surface area contributed by atoms with E-state index in [9.17, 15) is 0 Å². The first-order valence-corrected chi connectivity index (χ1v) is 7.33. The summed E-state index contributed by atoms with van der Waals surface area (Å²) in [5.41, 5.74) is 2.30. The van der Waals surface area contributed by atoms with Crippen LogP contribution in [0.4, 0.5) is 0 Å². The Kier molecular flexibility index (Phi) is 6.07. The number of hydrogen-bond donors (Lipinski definition) is 2. The van der Waals surface area contributed by atoms with Crippen molar-refractivity contribution in [1.29, 1.82) is 0 Å². The van der Waals surface area contributed by atoms with Crippen LogP contribution < -0.4 is 0 Å². The molecule has 0 aromatic heterocycles. The van der Waals surface area contributed by atoms with Gasteiger partial charge in [-0.25, -0.2) is 0 Å². The number of aliphatic hydroxyl groups excluding tert-OH is 2. The zero-order valence-electron chi connectivity index (χ0n) is 11.9. The molecule has 1 saturated heterocycles. The molecule has 1 unspecified atom stereocenters. The first-order chi connectivity index (χ1) is 9.81. The smallest absolute Gasteiger partial charge is 0.0540 e. The van der Waals surface area contributed by atoms with Crippen molar-refractivity contribution in [3.8, 4) is 11.8 Å². The second-order valence-corrected chi connectivity index (χ2v) is 5.38. The molecule has 1 heterocycles. The molecule has 1 atom stereocenters. The minimum absolute atomic E-state index is 0.118. The van der Waals surface area contributed by atoms with Crippen molar-refractivity contribution in [1.82, 2.24) is 4.90 Å². The topological polar surface area (TPSA) is 43.7 Å². The maximum Gasteiger partial charge on any atom is 0.0540 e. The van der Waals surface area contributed by atoms with Gasteiger partial charge in [-0.15, -0.1) is 0 Å². The van der Waals surface area contributed by atoms with Crippen LogP contribution in [0.1, 0.15) is 30.4 Å². The van der Waals surface area contributed by atoms with Gasteiger partial charge in [0.25, 0.3) is 0 Å². The maximum atomic E-state index is 8.99. The maximum absolute atomic E-state index is 8.99. The molecule has 2 N–H and O–H groups in total. The van der Waals surface area contributed by atoms with Crippen LogP contribution >= 0.6 is 0 Å². The van der Waals surface area contributed by atoms with Gasteiger partial charge in [0, 0.05) is 31.7 Å². The highest BCUT2D eigenvalue weighted by molar-refractivity contribution is 5.37. The summed E-state index contributed by atoms with van der Waals surface area (Å²) in [6.45, 7) is 3.57. The highest BCUT2D eigenvalue weighted by atomic mass is 16.3. The molecule has 1 aromatic rings. The number of nitrogens with zero attached hydrogens (tertiary/aromatic N) is 1. The predicted octanol–water partition coefficient (Wildman–Crippen LogP) is 1.62. The van der Waals surface area contributed by atoms with E-state index in [-0.39, 0.29) is 6.61 Å². The van der Waals surface area contributed by atoms with E-state index in [0.29, 0.717) is 18.9 Å². The Hall–Kier alpha value is -1.34. The molecule has 0 spiro atoms. The molecular formula is C17H23NO2. The molecule has 108 valence electrons. The quantitative estimate of drug-likeness (QED) is 0.801. The van der Waals surface area contributed by atoms with E-state index in [1.54, 1.807) is 0 Å². The minimum atomic E-state index is 0.118. The molecule has 0 amide bonds. The van der Waals surface area contributed by atoms with Gasteiger partial charge in [0.15, 0.2) is 0 Å². The Morgan fingerprint density at radius 2 is 2.15 bits per heavy atom. The lowest BCUT2D eigenvalue weighted by molar-refractivity contribution is 0.249. The minimum Gasteiger partial charge on any atom is -0.396 e. The van der Waals surface area contributed by atoms with E-state index in [1.165, 1.54) is 12.0 Å². The van der Waals surface area contributed by atoms with Crippen molar-refractivity contribution < 1.29 is 10.2 Å². The zero-order valence-corrected chi connectivity index (χ0v) is 11.9. The molecule has 3 nitrogen and oxygen atoms in total. The molecule has 1 aliphatic heterocycles. The Morgan fingerprint density at radius 1 is 1.25 bits per heavy atom. The normalized spacial score (nSPS) is 18.8. The summed E-state index contributed by atoms with van der Waals surface area (Å²) < 4.78 is 0. The van der Waals surface area contributed by atoms with Crippen LogP contribution in [-0.2, 0) is 6.54 Å². The number of likely N-dealkylation sites (tertiary alicyclic amines) is 1. The average Bonchev–Trinajstić information content (AvgIpc) is 2.87. The van der Waals surface area contributed by atoms with Crippen LogP contribution in [0.2, 0.25) is 0 Å². The second-order valence-electron chi connectivity index (χ2n) is 5.38. The molecule has 0 aliphatic carbocycles. The third-order valence-electron chi connectivity index (χ3n) is 3.71. The van der Waals surface area contributed by atoms with Gasteiger partial charge in [0.05, 0.1) is 6.61 Å². The highest BCUT2D eigenvalue weighted by Gasteiger charge is 2.21. The Balaban J connectivity index is 1.90. The number of benzene rings is 1. The molecule has 1 fully saturated rings. The van der Waals surface area contributed by atoms with Crippen molar-refractivity contribution in [3.63, 3.8) is 0 Å². The van der Waals surface area contributed by atoms with Crippen LogP contribution in [-0.4, -0.2) is 41.4 Å². The second kappa shape index (κ2) is 8.06. The fourth-order valence-electron chi connectivity index (χ4n) is 2.70. The van der Waals surface area contributed by atoms with Gasteiger partial charge in [-0.05, 0) is 43.0 Å². The number of hydrogen-bond acceptors (Lipinski definition) is 3. The van der Waals surface area contributed by atoms with Crippen molar-refractivity contribution in [2.75, 3.05) is 26.3 Å². The summed E-state index contributed by atoms with van der Waals surface area (Å²) in [6.07, 6.45) is 2.64. The van der Waals surface area contributed by atoms with Gasteiger partial charge in [-0.2, -0.15) is 0 Å². The summed E-state index contributed by atoms with van der Waals surface area (Å²) in [4.78, 5) is 2.45. The third-order valence-corrected chi connectivity index (χ3v) is 3.71. The van der Waals surface area contributed by atoms with Gasteiger partial charge >= 0.3 is 0 Å². The first-order valence-electron chi connectivity index (χ1n) is 7.33. The third kappa shape index (κ3) is 4.64. The van der Waals surface area contributed by atoms with Gasteiger partial charge in [-0.3, -0.25) is 4.90 Å². The fraction of sp³-hybridized carbons (Fsp3) is 0.529. The zero-order chi connectivity index (χ0) is 14.2. The summed E-state index contributed by atoms with van der Waals surface area (Å²) in [5, 5.41) is 17.7. The van der Waals surface area contributed by atoms with E-state index in [1.807, 2.05) is 12.1 Å². The predicted molar refractivity (Wildman–Crippen MR) is 80.1 cm³/mol. The van der Waals surface area contributed by atoms with Crippen molar-refractivity contribution in [2.24, 2.45) is 5.92 Å². The van der Waals surface area contributed by atoms with Crippen LogP contribution in [0.5, 0.6) is 0 Å². The van der Waals surface area contributed by atoms with Gasteiger partial charge < -0.3 is 10.2 Å². The van der Waals surface area contributed by atoms with Crippen LogP contribution in [0, 0.1) is 17.8 Å². The van der Waals surface area contributed by atoms with Gasteiger partial charge in [0.1, 0.15) is 0 Å². The number of aliphatic hydroxyl groups is 2. The summed E-state index contributed by atoms with van der Waals surface area (Å²) >= 11 is 0. The molecular weight excluding hydrogens is 250 g/mol. The Labute approximate surface area is 121 Å². The van der Waals surface area contributed by atoms with Crippen molar-refractivity contribution >= 4 is 0 Å². The molecule has 3 heteroatoms. The summed E-state index contributed by atoms with van der Waals surface area (Å²) in [7, 11) is 0. The van der Waals surface area contributed by atoms with Crippen molar-refractivity contribution in [3.05, 3.63) is 35.4 Å².